The lowest BCUT2D eigenvalue weighted by Gasteiger charge is -2.10. The number of hydrogen-bond donors (Lipinski definition) is 2. The third-order valence-electron chi connectivity index (χ3n) is 2.28. The number of aryl methyl sites for hydroxylation is 1. The Morgan fingerprint density at radius 1 is 1.29 bits per heavy atom. The molecule has 0 saturated heterocycles. The highest BCUT2D eigenvalue weighted by molar-refractivity contribution is 5.53. The quantitative estimate of drug-likeness (QED) is 0.452. The van der Waals surface area contributed by atoms with Crippen LogP contribution in [-0.4, -0.2) is 24.1 Å². The highest BCUT2D eigenvalue weighted by atomic mass is 16.6. The van der Waals surface area contributed by atoms with Crippen LogP contribution in [-0.2, 0) is 0 Å². The average Bonchev–Trinajstić information content (AvgIpc) is 2.23. The molecule has 1 aromatic rings. The van der Waals surface area contributed by atoms with E-state index in [0.717, 1.165) is 24.3 Å². The van der Waals surface area contributed by atoms with Crippen molar-refractivity contribution < 1.29 is 4.92 Å². The summed E-state index contributed by atoms with van der Waals surface area (Å²) in [5, 5.41) is 17.1. The lowest BCUT2D eigenvalue weighted by molar-refractivity contribution is -0.384. The van der Waals surface area contributed by atoms with Gasteiger partial charge in [0, 0.05) is 37.0 Å². The molecular formula is C12H19N3O2. The Morgan fingerprint density at radius 2 is 2.00 bits per heavy atom. The molecule has 1 rings (SSSR count). The molecule has 0 aromatic heterocycles. The summed E-state index contributed by atoms with van der Waals surface area (Å²) < 4.78 is 0. The van der Waals surface area contributed by atoms with Crippen LogP contribution in [0.4, 0.5) is 11.4 Å². The Bertz CT molecular complexity index is 391. The molecule has 0 heterocycles. The Balaban J connectivity index is 2.56. The third kappa shape index (κ3) is 4.82. The van der Waals surface area contributed by atoms with Gasteiger partial charge < -0.3 is 10.6 Å². The van der Waals surface area contributed by atoms with Crippen LogP contribution in [0, 0.1) is 17.0 Å². The molecule has 0 unspecified atom stereocenters. The Hall–Kier alpha value is -1.62. The fourth-order valence-electron chi connectivity index (χ4n) is 1.54. The molecule has 0 aliphatic heterocycles. The zero-order valence-electron chi connectivity index (χ0n) is 10.5. The van der Waals surface area contributed by atoms with E-state index >= 15 is 0 Å². The number of nitro groups is 1. The average molecular weight is 237 g/mol. The van der Waals surface area contributed by atoms with E-state index in [1.54, 1.807) is 12.1 Å². The van der Waals surface area contributed by atoms with Crippen molar-refractivity contribution in [2.75, 3.05) is 18.4 Å². The summed E-state index contributed by atoms with van der Waals surface area (Å²) in [6.07, 6.45) is 0. The van der Waals surface area contributed by atoms with Gasteiger partial charge in [-0.25, -0.2) is 0 Å². The van der Waals surface area contributed by atoms with E-state index in [1.165, 1.54) is 0 Å². The first-order valence-electron chi connectivity index (χ1n) is 5.72. The van der Waals surface area contributed by atoms with Gasteiger partial charge in [-0.1, -0.05) is 13.8 Å². The van der Waals surface area contributed by atoms with Crippen molar-refractivity contribution in [1.82, 2.24) is 5.32 Å². The minimum Gasteiger partial charge on any atom is -0.384 e. The maximum Gasteiger partial charge on any atom is 0.271 e. The Kier molecular flexibility index (Phi) is 4.90. The van der Waals surface area contributed by atoms with Gasteiger partial charge in [0.05, 0.1) is 4.92 Å². The Labute approximate surface area is 101 Å². The van der Waals surface area contributed by atoms with Crippen LogP contribution >= 0.6 is 0 Å². The van der Waals surface area contributed by atoms with Crippen molar-refractivity contribution in [3.05, 3.63) is 33.9 Å². The first kappa shape index (κ1) is 13.4. The predicted molar refractivity (Wildman–Crippen MR) is 69.5 cm³/mol. The van der Waals surface area contributed by atoms with Crippen LogP contribution in [0.1, 0.15) is 19.4 Å². The molecular weight excluding hydrogens is 218 g/mol. The van der Waals surface area contributed by atoms with Crippen LogP contribution in [0.5, 0.6) is 0 Å². The molecule has 5 heteroatoms. The highest BCUT2D eigenvalue weighted by Gasteiger charge is 2.07. The van der Waals surface area contributed by atoms with Crippen LogP contribution < -0.4 is 10.6 Å². The molecule has 0 atom stereocenters. The molecule has 2 N–H and O–H groups in total. The van der Waals surface area contributed by atoms with E-state index in [-0.39, 0.29) is 10.6 Å². The number of anilines is 1. The van der Waals surface area contributed by atoms with Gasteiger partial charge in [0.2, 0.25) is 0 Å². The zero-order valence-corrected chi connectivity index (χ0v) is 10.5. The standard InChI is InChI=1S/C12H19N3O2/c1-9(2)13-4-5-14-11-6-10(3)7-12(8-11)15(16)17/h6-9,13-14H,4-5H2,1-3H3. The second-order valence-corrected chi connectivity index (χ2v) is 4.35. The SMILES string of the molecule is Cc1cc(NCCNC(C)C)cc([N+](=O)[O-])c1. The number of benzene rings is 1. The lowest BCUT2D eigenvalue weighted by Crippen LogP contribution is -2.28. The molecule has 0 radical (unpaired) electrons. The molecule has 0 bridgehead atoms. The molecule has 0 fully saturated rings. The van der Waals surface area contributed by atoms with E-state index in [1.807, 2.05) is 13.0 Å². The summed E-state index contributed by atoms with van der Waals surface area (Å²) >= 11 is 0. The molecule has 0 amide bonds. The van der Waals surface area contributed by atoms with E-state index < -0.39 is 0 Å². The summed E-state index contributed by atoms with van der Waals surface area (Å²) in [4.78, 5) is 10.3. The van der Waals surface area contributed by atoms with E-state index in [2.05, 4.69) is 24.5 Å². The maximum absolute atomic E-state index is 10.7. The number of non-ortho nitro benzene ring substituents is 1. The molecule has 94 valence electrons. The van der Waals surface area contributed by atoms with Crippen LogP contribution in [0.15, 0.2) is 18.2 Å². The van der Waals surface area contributed by atoms with Crippen LogP contribution in [0.2, 0.25) is 0 Å². The molecule has 1 aromatic carbocycles. The van der Waals surface area contributed by atoms with Crippen LogP contribution in [0.25, 0.3) is 0 Å². The fourth-order valence-corrected chi connectivity index (χ4v) is 1.54. The van der Waals surface area contributed by atoms with Crippen molar-refractivity contribution in [2.45, 2.75) is 26.8 Å². The van der Waals surface area contributed by atoms with Gasteiger partial charge in [0.1, 0.15) is 0 Å². The fraction of sp³-hybridized carbons (Fsp3) is 0.500. The normalized spacial score (nSPS) is 10.6. The molecule has 0 aliphatic carbocycles. The monoisotopic (exact) mass is 237 g/mol. The number of nitro benzene ring substituents is 1. The highest BCUT2D eigenvalue weighted by Crippen LogP contribution is 2.19. The topological polar surface area (TPSA) is 67.2 Å². The summed E-state index contributed by atoms with van der Waals surface area (Å²) in [6.45, 7) is 7.59. The van der Waals surface area contributed by atoms with Gasteiger partial charge in [0.15, 0.2) is 0 Å². The van der Waals surface area contributed by atoms with Crippen molar-refractivity contribution >= 4 is 11.4 Å². The van der Waals surface area contributed by atoms with Crippen molar-refractivity contribution in [3.63, 3.8) is 0 Å². The first-order valence-corrected chi connectivity index (χ1v) is 5.72. The Morgan fingerprint density at radius 3 is 2.59 bits per heavy atom. The summed E-state index contributed by atoms with van der Waals surface area (Å²) in [6, 6.07) is 5.48. The number of nitrogens with one attached hydrogen (secondary N) is 2. The predicted octanol–water partition coefficient (Wildman–Crippen LogP) is 2.31. The zero-order chi connectivity index (χ0) is 12.8. The molecule has 0 saturated carbocycles. The van der Waals surface area contributed by atoms with Crippen LogP contribution in [0.3, 0.4) is 0 Å². The second-order valence-electron chi connectivity index (χ2n) is 4.35. The second kappa shape index (κ2) is 6.20. The molecule has 17 heavy (non-hydrogen) atoms. The van der Waals surface area contributed by atoms with E-state index in [0.29, 0.717) is 6.04 Å². The van der Waals surface area contributed by atoms with Crippen molar-refractivity contribution in [3.8, 4) is 0 Å². The number of rotatable bonds is 6. The van der Waals surface area contributed by atoms with Gasteiger partial charge in [0.25, 0.3) is 5.69 Å². The first-order chi connectivity index (χ1) is 7.99. The number of hydrogen-bond acceptors (Lipinski definition) is 4. The van der Waals surface area contributed by atoms with E-state index in [4.69, 9.17) is 0 Å². The lowest BCUT2D eigenvalue weighted by atomic mass is 10.2. The van der Waals surface area contributed by atoms with Gasteiger partial charge in [-0.15, -0.1) is 0 Å². The van der Waals surface area contributed by atoms with Gasteiger partial charge in [-0.05, 0) is 18.6 Å². The smallest absolute Gasteiger partial charge is 0.271 e. The molecule has 0 spiro atoms. The summed E-state index contributed by atoms with van der Waals surface area (Å²) in [5.74, 6) is 0. The molecule has 0 aliphatic rings. The molecule has 5 nitrogen and oxygen atoms in total. The van der Waals surface area contributed by atoms with Crippen molar-refractivity contribution in [2.24, 2.45) is 0 Å². The van der Waals surface area contributed by atoms with Gasteiger partial charge in [-0.2, -0.15) is 0 Å². The van der Waals surface area contributed by atoms with Gasteiger partial charge in [-0.3, -0.25) is 10.1 Å². The largest absolute Gasteiger partial charge is 0.384 e. The summed E-state index contributed by atoms with van der Waals surface area (Å²) in [5.41, 5.74) is 1.81. The maximum atomic E-state index is 10.7. The third-order valence-corrected chi connectivity index (χ3v) is 2.28. The summed E-state index contributed by atoms with van der Waals surface area (Å²) in [7, 11) is 0. The van der Waals surface area contributed by atoms with Crippen molar-refractivity contribution in [1.29, 1.82) is 0 Å². The minimum atomic E-state index is -0.370. The minimum absolute atomic E-state index is 0.129. The van der Waals surface area contributed by atoms with Gasteiger partial charge >= 0.3 is 0 Å². The van der Waals surface area contributed by atoms with E-state index in [9.17, 15) is 10.1 Å². The number of nitrogens with zero attached hydrogens (tertiary/aromatic N) is 1.